The number of aliphatic hydroxyl groups is 1. The first-order valence-electron chi connectivity index (χ1n) is 7.83. The van der Waals surface area contributed by atoms with E-state index in [1.54, 1.807) is 29.5 Å². The predicted molar refractivity (Wildman–Crippen MR) is 94.2 cm³/mol. The zero-order valence-electron chi connectivity index (χ0n) is 13.6. The van der Waals surface area contributed by atoms with E-state index in [4.69, 9.17) is 4.74 Å². The lowest BCUT2D eigenvalue weighted by atomic mass is 10.1. The molecule has 0 bridgehead atoms. The topological polar surface area (TPSA) is 58.6 Å². The first kappa shape index (κ1) is 17.5. The lowest BCUT2D eigenvalue weighted by molar-refractivity contribution is -0.116. The van der Waals surface area contributed by atoms with E-state index in [0.29, 0.717) is 30.0 Å². The molecule has 0 spiro atoms. The maximum absolute atomic E-state index is 12.0. The zero-order chi connectivity index (χ0) is 16.7. The Morgan fingerprint density at radius 3 is 2.83 bits per heavy atom. The number of carbonyl (C=O) groups excluding carboxylic acids is 1. The van der Waals surface area contributed by atoms with Gasteiger partial charge in [0.25, 0.3) is 0 Å². The summed E-state index contributed by atoms with van der Waals surface area (Å²) in [5, 5.41) is 14.3. The quantitative estimate of drug-likeness (QED) is 0.770. The van der Waals surface area contributed by atoms with Crippen molar-refractivity contribution in [3.05, 3.63) is 45.6 Å². The van der Waals surface area contributed by atoms with Crippen molar-refractivity contribution in [1.82, 2.24) is 0 Å². The first-order chi connectivity index (χ1) is 11.1. The summed E-state index contributed by atoms with van der Waals surface area (Å²) in [6.45, 7) is 4.42. The van der Waals surface area contributed by atoms with Crippen LogP contribution in [-0.4, -0.2) is 17.6 Å². The smallest absolute Gasteiger partial charge is 0.224 e. The Kier molecular flexibility index (Phi) is 6.62. The predicted octanol–water partition coefficient (Wildman–Crippen LogP) is 3.91. The van der Waals surface area contributed by atoms with Crippen molar-refractivity contribution < 1.29 is 14.6 Å². The molecule has 5 heteroatoms. The van der Waals surface area contributed by atoms with Gasteiger partial charge in [-0.2, -0.15) is 0 Å². The summed E-state index contributed by atoms with van der Waals surface area (Å²) in [6.07, 6.45) is 2.25. The molecule has 0 aliphatic rings. The van der Waals surface area contributed by atoms with Gasteiger partial charge in [0.05, 0.1) is 13.2 Å². The molecule has 1 heterocycles. The Labute approximate surface area is 141 Å². The number of hydrogen-bond acceptors (Lipinski definition) is 4. The van der Waals surface area contributed by atoms with Crippen molar-refractivity contribution in [3.8, 4) is 5.75 Å². The van der Waals surface area contributed by atoms with Crippen LogP contribution in [0.1, 0.15) is 35.8 Å². The highest BCUT2D eigenvalue weighted by molar-refractivity contribution is 7.10. The van der Waals surface area contributed by atoms with Crippen LogP contribution >= 0.6 is 11.3 Å². The Balaban J connectivity index is 1.86. The maximum Gasteiger partial charge on any atom is 0.224 e. The summed E-state index contributed by atoms with van der Waals surface area (Å²) in [5.41, 5.74) is 2.67. The molecular weight excluding hydrogens is 310 g/mol. The van der Waals surface area contributed by atoms with Crippen molar-refractivity contribution in [3.63, 3.8) is 0 Å². The highest BCUT2D eigenvalue weighted by Crippen LogP contribution is 2.23. The van der Waals surface area contributed by atoms with E-state index < -0.39 is 0 Å². The van der Waals surface area contributed by atoms with Gasteiger partial charge >= 0.3 is 0 Å². The minimum absolute atomic E-state index is 0.00717. The van der Waals surface area contributed by atoms with Crippen LogP contribution in [0.5, 0.6) is 5.75 Å². The fourth-order valence-corrected chi connectivity index (χ4v) is 3.32. The normalized spacial score (nSPS) is 10.6. The molecule has 0 aliphatic heterocycles. The van der Waals surface area contributed by atoms with Gasteiger partial charge in [0.2, 0.25) is 5.91 Å². The molecule has 1 aromatic carbocycles. The molecule has 23 heavy (non-hydrogen) atoms. The average molecular weight is 333 g/mol. The molecule has 0 saturated carbocycles. The second-order valence-electron chi connectivity index (χ2n) is 5.34. The Morgan fingerprint density at radius 1 is 1.35 bits per heavy atom. The number of ether oxygens (including phenoxy) is 1. The van der Waals surface area contributed by atoms with Crippen molar-refractivity contribution in [2.24, 2.45) is 0 Å². The lowest BCUT2D eigenvalue weighted by Crippen LogP contribution is -2.12. The van der Waals surface area contributed by atoms with E-state index in [1.807, 2.05) is 6.92 Å². The van der Waals surface area contributed by atoms with Gasteiger partial charge in [-0.05, 0) is 61.9 Å². The maximum atomic E-state index is 12.0. The van der Waals surface area contributed by atoms with E-state index in [9.17, 15) is 9.90 Å². The van der Waals surface area contributed by atoms with Gasteiger partial charge in [-0.25, -0.2) is 0 Å². The van der Waals surface area contributed by atoms with E-state index >= 15 is 0 Å². The van der Waals surface area contributed by atoms with Crippen molar-refractivity contribution in [1.29, 1.82) is 0 Å². The van der Waals surface area contributed by atoms with Crippen LogP contribution in [0.3, 0.4) is 0 Å². The summed E-state index contributed by atoms with van der Waals surface area (Å²) in [7, 11) is 0. The van der Waals surface area contributed by atoms with Crippen LogP contribution in [0.15, 0.2) is 29.6 Å². The third-order valence-corrected chi connectivity index (χ3v) is 4.67. The molecule has 1 amide bonds. The van der Waals surface area contributed by atoms with Crippen LogP contribution in [0.25, 0.3) is 0 Å². The minimum atomic E-state index is -0.114. The summed E-state index contributed by atoms with van der Waals surface area (Å²) < 4.78 is 5.43. The van der Waals surface area contributed by atoms with Crippen molar-refractivity contribution in [2.75, 3.05) is 11.9 Å². The van der Waals surface area contributed by atoms with Crippen LogP contribution in [-0.2, 0) is 17.8 Å². The number of carbonyl (C=O) groups is 1. The van der Waals surface area contributed by atoms with E-state index in [-0.39, 0.29) is 12.5 Å². The Morgan fingerprint density at radius 2 is 2.17 bits per heavy atom. The Bertz CT molecular complexity index is 651. The summed E-state index contributed by atoms with van der Waals surface area (Å²) in [5.74, 6) is 0.647. The number of anilines is 1. The van der Waals surface area contributed by atoms with Crippen molar-refractivity contribution in [2.45, 2.75) is 39.7 Å². The van der Waals surface area contributed by atoms with Gasteiger partial charge in [0.15, 0.2) is 0 Å². The van der Waals surface area contributed by atoms with Crippen LogP contribution in [0.2, 0.25) is 0 Å². The van der Waals surface area contributed by atoms with Crippen LogP contribution in [0.4, 0.5) is 5.69 Å². The second-order valence-corrected chi connectivity index (χ2v) is 6.34. The van der Waals surface area contributed by atoms with Crippen LogP contribution in [0, 0.1) is 6.92 Å². The summed E-state index contributed by atoms with van der Waals surface area (Å²) in [4.78, 5) is 13.4. The molecule has 0 saturated heterocycles. The van der Waals surface area contributed by atoms with Crippen LogP contribution < -0.4 is 10.1 Å². The SMILES string of the molecule is CCOc1ccc(NC(=O)CCCc2sccc2C)cc1CO. The number of aryl methyl sites for hydroxylation is 2. The number of thiophene rings is 1. The Hall–Kier alpha value is -1.85. The standard InChI is InChI=1S/C18H23NO3S/c1-3-22-16-8-7-15(11-14(16)12-20)19-18(21)6-4-5-17-13(2)9-10-23-17/h7-11,20H,3-6,12H2,1-2H3,(H,19,21). The molecule has 1 aromatic heterocycles. The number of benzene rings is 1. The molecule has 0 aliphatic carbocycles. The molecule has 0 unspecified atom stereocenters. The van der Waals surface area contributed by atoms with Gasteiger partial charge in [-0.3, -0.25) is 4.79 Å². The molecular formula is C18H23NO3S. The lowest BCUT2D eigenvalue weighted by Gasteiger charge is -2.11. The van der Waals surface area contributed by atoms with Crippen molar-refractivity contribution >= 4 is 22.9 Å². The molecule has 0 atom stereocenters. The monoisotopic (exact) mass is 333 g/mol. The third-order valence-electron chi connectivity index (χ3n) is 3.59. The largest absolute Gasteiger partial charge is 0.494 e. The molecule has 2 rings (SSSR count). The van der Waals surface area contributed by atoms with Gasteiger partial charge in [0.1, 0.15) is 5.75 Å². The number of nitrogens with one attached hydrogen (secondary N) is 1. The second kappa shape index (κ2) is 8.70. The van der Waals surface area contributed by atoms with E-state index in [2.05, 4.69) is 23.7 Å². The van der Waals surface area contributed by atoms with E-state index in [0.717, 1.165) is 12.8 Å². The molecule has 124 valence electrons. The van der Waals surface area contributed by atoms with Gasteiger partial charge in [-0.15, -0.1) is 11.3 Å². The molecule has 2 aromatic rings. The average Bonchev–Trinajstić information content (AvgIpc) is 2.94. The zero-order valence-corrected chi connectivity index (χ0v) is 14.4. The number of aliphatic hydroxyl groups excluding tert-OH is 1. The molecule has 2 N–H and O–H groups in total. The fourth-order valence-electron chi connectivity index (χ4n) is 2.37. The fraction of sp³-hybridized carbons (Fsp3) is 0.389. The number of rotatable bonds is 8. The number of amides is 1. The van der Waals surface area contributed by atoms with Gasteiger partial charge in [0, 0.05) is 22.5 Å². The summed E-state index contributed by atoms with van der Waals surface area (Å²) >= 11 is 1.74. The minimum Gasteiger partial charge on any atom is -0.494 e. The summed E-state index contributed by atoms with van der Waals surface area (Å²) in [6, 6.07) is 7.44. The highest BCUT2D eigenvalue weighted by atomic mass is 32.1. The molecule has 0 radical (unpaired) electrons. The number of hydrogen-bond donors (Lipinski definition) is 2. The highest BCUT2D eigenvalue weighted by Gasteiger charge is 2.08. The first-order valence-corrected chi connectivity index (χ1v) is 8.71. The molecule has 0 fully saturated rings. The van der Waals surface area contributed by atoms with Gasteiger partial charge < -0.3 is 15.2 Å². The third kappa shape index (κ3) is 5.08. The van der Waals surface area contributed by atoms with E-state index in [1.165, 1.54) is 10.4 Å². The van der Waals surface area contributed by atoms with Gasteiger partial charge in [-0.1, -0.05) is 0 Å². The molecule has 4 nitrogen and oxygen atoms in total.